The van der Waals surface area contributed by atoms with Crippen LogP contribution in [0.3, 0.4) is 0 Å². The van der Waals surface area contributed by atoms with Crippen LogP contribution in [0.1, 0.15) is 12.8 Å². The molecular weight excluding hydrogens is 276 g/mol. The number of para-hydroxylation sites is 2. The number of nitro benzene ring substituents is 1. The number of nitro groups is 1. The lowest BCUT2D eigenvalue weighted by atomic mass is 10.1. The lowest BCUT2D eigenvalue weighted by Gasteiger charge is -2.31. The zero-order chi connectivity index (χ0) is 15.2. The molecule has 1 aromatic rings. The Morgan fingerprint density at radius 1 is 1.38 bits per heavy atom. The molecule has 2 rings (SSSR count). The number of hydrogen-bond acceptors (Lipinski definition) is 5. The SMILES string of the molecule is COC1CCN(C(=O)COc2ccccc2[N+](=O)[O-])CC1. The van der Waals surface area contributed by atoms with Crippen LogP contribution in [0.15, 0.2) is 24.3 Å². The third kappa shape index (κ3) is 3.91. The molecule has 1 amide bonds. The van der Waals surface area contributed by atoms with Crippen LogP contribution in [0.5, 0.6) is 5.75 Å². The van der Waals surface area contributed by atoms with E-state index in [9.17, 15) is 14.9 Å². The Labute approximate surface area is 122 Å². The number of ether oxygens (including phenoxy) is 2. The van der Waals surface area contributed by atoms with E-state index in [4.69, 9.17) is 9.47 Å². The van der Waals surface area contributed by atoms with Gasteiger partial charge in [-0.3, -0.25) is 14.9 Å². The van der Waals surface area contributed by atoms with Gasteiger partial charge in [-0.25, -0.2) is 0 Å². The van der Waals surface area contributed by atoms with Crippen LogP contribution in [-0.2, 0) is 9.53 Å². The number of nitrogens with zero attached hydrogens (tertiary/aromatic N) is 2. The van der Waals surface area contributed by atoms with Gasteiger partial charge in [0.15, 0.2) is 12.4 Å². The van der Waals surface area contributed by atoms with Crippen molar-refractivity contribution in [2.75, 3.05) is 26.8 Å². The second kappa shape index (κ2) is 7.03. The van der Waals surface area contributed by atoms with E-state index in [0.29, 0.717) is 13.1 Å². The number of rotatable bonds is 5. The van der Waals surface area contributed by atoms with Gasteiger partial charge in [0.05, 0.1) is 11.0 Å². The van der Waals surface area contributed by atoms with Crippen LogP contribution in [0.25, 0.3) is 0 Å². The van der Waals surface area contributed by atoms with Crippen LogP contribution in [0, 0.1) is 10.1 Å². The Balaban J connectivity index is 1.89. The maximum absolute atomic E-state index is 12.0. The number of carbonyl (C=O) groups excluding carboxylic acids is 1. The molecular formula is C14H18N2O5. The third-order valence-electron chi connectivity index (χ3n) is 3.54. The maximum atomic E-state index is 12.0. The molecule has 7 heteroatoms. The number of hydrogen-bond donors (Lipinski definition) is 0. The fourth-order valence-electron chi connectivity index (χ4n) is 2.30. The molecule has 7 nitrogen and oxygen atoms in total. The van der Waals surface area contributed by atoms with Gasteiger partial charge in [0.1, 0.15) is 0 Å². The van der Waals surface area contributed by atoms with Crippen LogP contribution in [0.2, 0.25) is 0 Å². The van der Waals surface area contributed by atoms with Gasteiger partial charge in [-0.2, -0.15) is 0 Å². The number of likely N-dealkylation sites (tertiary alicyclic amines) is 1. The van der Waals surface area contributed by atoms with E-state index in [1.165, 1.54) is 12.1 Å². The highest BCUT2D eigenvalue weighted by molar-refractivity contribution is 5.78. The summed E-state index contributed by atoms with van der Waals surface area (Å²) in [6, 6.07) is 6.03. The fraction of sp³-hybridized carbons (Fsp3) is 0.500. The second-order valence-electron chi connectivity index (χ2n) is 4.83. The van der Waals surface area contributed by atoms with Crippen molar-refractivity contribution in [2.45, 2.75) is 18.9 Å². The molecule has 0 saturated carbocycles. The summed E-state index contributed by atoms with van der Waals surface area (Å²) in [5.41, 5.74) is -0.136. The lowest BCUT2D eigenvalue weighted by Crippen LogP contribution is -2.42. The van der Waals surface area contributed by atoms with Crippen LogP contribution in [0.4, 0.5) is 5.69 Å². The van der Waals surface area contributed by atoms with Gasteiger partial charge in [0.25, 0.3) is 5.91 Å². The average Bonchev–Trinajstić information content (AvgIpc) is 2.52. The van der Waals surface area contributed by atoms with Crippen molar-refractivity contribution >= 4 is 11.6 Å². The molecule has 0 unspecified atom stereocenters. The molecule has 0 bridgehead atoms. The van der Waals surface area contributed by atoms with Gasteiger partial charge >= 0.3 is 5.69 Å². The van der Waals surface area contributed by atoms with Crippen molar-refractivity contribution in [1.82, 2.24) is 4.90 Å². The number of amides is 1. The summed E-state index contributed by atoms with van der Waals surface area (Å²) in [7, 11) is 1.67. The van der Waals surface area contributed by atoms with Crippen molar-refractivity contribution in [3.8, 4) is 5.75 Å². The summed E-state index contributed by atoms with van der Waals surface area (Å²) < 4.78 is 10.5. The normalized spacial score (nSPS) is 15.8. The second-order valence-corrected chi connectivity index (χ2v) is 4.83. The van der Waals surface area contributed by atoms with E-state index in [1.807, 2.05) is 0 Å². The molecule has 1 saturated heterocycles. The molecule has 1 fully saturated rings. The van der Waals surface area contributed by atoms with Gasteiger partial charge in [-0.05, 0) is 18.9 Å². The monoisotopic (exact) mass is 294 g/mol. The summed E-state index contributed by atoms with van der Waals surface area (Å²) in [4.78, 5) is 24.1. The Bertz CT molecular complexity index is 512. The first-order valence-electron chi connectivity index (χ1n) is 6.78. The Morgan fingerprint density at radius 3 is 2.67 bits per heavy atom. The highest BCUT2D eigenvalue weighted by Gasteiger charge is 2.23. The number of piperidine rings is 1. The summed E-state index contributed by atoms with van der Waals surface area (Å²) >= 11 is 0. The minimum absolute atomic E-state index is 0.114. The summed E-state index contributed by atoms with van der Waals surface area (Å²) in [5, 5.41) is 10.9. The molecule has 0 aliphatic carbocycles. The number of carbonyl (C=O) groups is 1. The first-order chi connectivity index (χ1) is 10.1. The van der Waals surface area contributed by atoms with E-state index in [2.05, 4.69) is 0 Å². The molecule has 0 radical (unpaired) electrons. The van der Waals surface area contributed by atoms with E-state index < -0.39 is 4.92 Å². The first-order valence-corrected chi connectivity index (χ1v) is 6.78. The maximum Gasteiger partial charge on any atom is 0.310 e. The molecule has 0 spiro atoms. The van der Waals surface area contributed by atoms with Crippen LogP contribution >= 0.6 is 0 Å². The fourth-order valence-corrected chi connectivity index (χ4v) is 2.30. The quantitative estimate of drug-likeness (QED) is 0.608. The highest BCUT2D eigenvalue weighted by Crippen LogP contribution is 2.25. The minimum atomic E-state index is -0.524. The molecule has 1 aliphatic heterocycles. The van der Waals surface area contributed by atoms with Crippen molar-refractivity contribution in [1.29, 1.82) is 0 Å². The lowest BCUT2D eigenvalue weighted by molar-refractivity contribution is -0.385. The zero-order valence-corrected chi connectivity index (χ0v) is 11.9. The van der Waals surface area contributed by atoms with Crippen molar-refractivity contribution < 1.29 is 19.2 Å². The molecule has 0 atom stereocenters. The smallest absolute Gasteiger partial charge is 0.310 e. The molecule has 0 aromatic heterocycles. The van der Waals surface area contributed by atoms with E-state index >= 15 is 0 Å². The van der Waals surface area contributed by atoms with Gasteiger partial charge in [0, 0.05) is 26.3 Å². The average molecular weight is 294 g/mol. The minimum Gasteiger partial charge on any atom is -0.477 e. The molecule has 1 aliphatic rings. The van der Waals surface area contributed by atoms with Crippen molar-refractivity contribution in [3.05, 3.63) is 34.4 Å². The molecule has 0 N–H and O–H groups in total. The topological polar surface area (TPSA) is 81.9 Å². The number of methoxy groups -OCH3 is 1. The number of benzene rings is 1. The first kappa shape index (κ1) is 15.2. The van der Waals surface area contributed by atoms with Gasteiger partial charge in [-0.15, -0.1) is 0 Å². The highest BCUT2D eigenvalue weighted by atomic mass is 16.6. The van der Waals surface area contributed by atoms with Crippen molar-refractivity contribution in [3.63, 3.8) is 0 Å². The summed E-state index contributed by atoms with van der Waals surface area (Å²) in [5.74, 6) is -0.0506. The van der Waals surface area contributed by atoms with Gasteiger partial charge < -0.3 is 14.4 Å². The summed E-state index contributed by atoms with van der Waals surface area (Å²) in [6.07, 6.45) is 1.80. The Hall–Kier alpha value is -2.15. The zero-order valence-electron chi connectivity index (χ0n) is 11.9. The van der Waals surface area contributed by atoms with Crippen LogP contribution < -0.4 is 4.74 Å². The molecule has 1 aromatic carbocycles. The molecule has 21 heavy (non-hydrogen) atoms. The van der Waals surface area contributed by atoms with E-state index in [0.717, 1.165) is 12.8 Å². The standard InChI is InChI=1S/C14H18N2O5/c1-20-11-6-8-15(9-7-11)14(17)10-21-13-5-3-2-4-12(13)16(18)19/h2-5,11H,6-10H2,1H3. The molecule has 1 heterocycles. The molecule has 114 valence electrons. The predicted molar refractivity (Wildman–Crippen MR) is 75.2 cm³/mol. The third-order valence-corrected chi connectivity index (χ3v) is 3.54. The summed E-state index contributed by atoms with van der Waals surface area (Å²) in [6.45, 7) is 1.05. The van der Waals surface area contributed by atoms with E-state index in [1.54, 1.807) is 24.1 Å². The van der Waals surface area contributed by atoms with Crippen LogP contribution in [-0.4, -0.2) is 48.6 Å². The van der Waals surface area contributed by atoms with Gasteiger partial charge in [-0.1, -0.05) is 12.1 Å². The Kier molecular flexibility index (Phi) is 5.10. The largest absolute Gasteiger partial charge is 0.477 e. The Morgan fingerprint density at radius 2 is 2.05 bits per heavy atom. The van der Waals surface area contributed by atoms with Gasteiger partial charge in [0.2, 0.25) is 0 Å². The van der Waals surface area contributed by atoms with Crippen molar-refractivity contribution in [2.24, 2.45) is 0 Å². The predicted octanol–water partition coefficient (Wildman–Crippen LogP) is 1.61. The van der Waals surface area contributed by atoms with E-state index in [-0.39, 0.29) is 30.1 Å².